The number of ketones is 1. The van der Waals surface area contributed by atoms with E-state index in [1.54, 1.807) is 13.2 Å². The number of ether oxygens (including phenoxy) is 2. The molecule has 0 atom stereocenters. The Bertz CT molecular complexity index is 1070. The van der Waals surface area contributed by atoms with E-state index in [1.165, 1.54) is 6.08 Å². The van der Waals surface area contributed by atoms with E-state index in [9.17, 15) is 18.4 Å². The van der Waals surface area contributed by atoms with E-state index in [-0.39, 0.29) is 0 Å². The molecule has 0 heterocycles. The Labute approximate surface area is 160 Å². The van der Waals surface area contributed by atoms with E-state index in [2.05, 4.69) is 0 Å². The summed E-state index contributed by atoms with van der Waals surface area (Å²) < 4.78 is 36.7. The van der Waals surface area contributed by atoms with Crippen LogP contribution in [0.3, 0.4) is 0 Å². The molecule has 0 spiro atoms. The number of fused-ring (bicyclic) bond motifs is 1. The molecule has 3 aromatic rings. The molecule has 4 nitrogen and oxygen atoms in total. The summed E-state index contributed by atoms with van der Waals surface area (Å²) in [7, 11) is 1.59. The normalized spacial score (nSPS) is 11.0. The van der Waals surface area contributed by atoms with Crippen molar-refractivity contribution in [2.24, 2.45) is 0 Å². The smallest absolute Gasteiger partial charge is 0.331 e. The van der Waals surface area contributed by atoms with Crippen molar-refractivity contribution in [2.45, 2.75) is 0 Å². The van der Waals surface area contributed by atoms with Crippen molar-refractivity contribution < 1.29 is 27.8 Å². The second-order valence-electron chi connectivity index (χ2n) is 5.96. The highest BCUT2D eigenvalue weighted by atomic mass is 19.1. The van der Waals surface area contributed by atoms with Gasteiger partial charge < -0.3 is 9.47 Å². The molecule has 0 amide bonds. The van der Waals surface area contributed by atoms with Gasteiger partial charge in [-0.05, 0) is 58.8 Å². The van der Waals surface area contributed by atoms with Gasteiger partial charge in [0.1, 0.15) is 17.4 Å². The molecular formula is C22H16F2O4. The molecule has 3 aromatic carbocycles. The van der Waals surface area contributed by atoms with Crippen molar-refractivity contribution in [1.29, 1.82) is 0 Å². The molecule has 0 aliphatic carbocycles. The van der Waals surface area contributed by atoms with Gasteiger partial charge in [-0.15, -0.1) is 0 Å². The zero-order valence-corrected chi connectivity index (χ0v) is 14.9. The van der Waals surface area contributed by atoms with Gasteiger partial charge in [-0.3, -0.25) is 4.79 Å². The Hall–Kier alpha value is -3.54. The molecule has 0 unspecified atom stereocenters. The van der Waals surface area contributed by atoms with Crippen LogP contribution in [0.2, 0.25) is 0 Å². The van der Waals surface area contributed by atoms with Gasteiger partial charge in [0.2, 0.25) is 5.78 Å². The molecule has 0 saturated heterocycles. The lowest BCUT2D eigenvalue weighted by Gasteiger charge is -2.04. The highest BCUT2D eigenvalue weighted by molar-refractivity contribution is 5.99. The number of esters is 1. The molecule has 0 aliphatic heterocycles. The Morgan fingerprint density at radius 2 is 1.71 bits per heavy atom. The summed E-state index contributed by atoms with van der Waals surface area (Å²) in [5, 5.41) is 1.95. The van der Waals surface area contributed by atoms with E-state index in [4.69, 9.17) is 9.47 Å². The molecule has 0 aromatic heterocycles. The van der Waals surface area contributed by atoms with Gasteiger partial charge >= 0.3 is 5.97 Å². The maximum Gasteiger partial charge on any atom is 0.331 e. The van der Waals surface area contributed by atoms with Crippen molar-refractivity contribution in [3.05, 3.63) is 83.4 Å². The molecule has 28 heavy (non-hydrogen) atoms. The quantitative estimate of drug-likeness (QED) is 0.356. The van der Waals surface area contributed by atoms with E-state index in [1.807, 2.05) is 36.4 Å². The first-order valence-electron chi connectivity index (χ1n) is 8.37. The predicted octanol–water partition coefficient (Wildman–Crippen LogP) is 4.57. The largest absolute Gasteiger partial charge is 0.497 e. The van der Waals surface area contributed by atoms with Crippen LogP contribution < -0.4 is 4.74 Å². The first-order chi connectivity index (χ1) is 13.5. The topological polar surface area (TPSA) is 52.6 Å². The van der Waals surface area contributed by atoms with Gasteiger partial charge in [-0.2, -0.15) is 0 Å². The van der Waals surface area contributed by atoms with Gasteiger partial charge in [-0.1, -0.05) is 18.2 Å². The fraction of sp³-hybridized carbons (Fsp3) is 0.0909. The van der Waals surface area contributed by atoms with E-state index in [0.717, 1.165) is 40.3 Å². The van der Waals surface area contributed by atoms with E-state index < -0.39 is 35.6 Å². The minimum atomic E-state index is -0.870. The Morgan fingerprint density at radius 1 is 0.964 bits per heavy atom. The number of hydrogen-bond acceptors (Lipinski definition) is 4. The van der Waals surface area contributed by atoms with Crippen LogP contribution in [0.5, 0.6) is 5.75 Å². The highest BCUT2D eigenvalue weighted by Gasteiger charge is 2.14. The number of halogens is 2. The van der Waals surface area contributed by atoms with E-state index in [0.29, 0.717) is 0 Å². The molecule has 0 N–H and O–H groups in total. The summed E-state index contributed by atoms with van der Waals surface area (Å²) in [6.07, 6.45) is 2.71. The monoisotopic (exact) mass is 382 g/mol. The molecule has 142 valence electrons. The molecule has 6 heteroatoms. The fourth-order valence-corrected chi connectivity index (χ4v) is 2.61. The lowest BCUT2D eigenvalue weighted by molar-refractivity contribution is -0.136. The van der Waals surface area contributed by atoms with Gasteiger partial charge in [0.25, 0.3) is 0 Å². The van der Waals surface area contributed by atoms with Gasteiger partial charge in [-0.25, -0.2) is 13.6 Å². The summed E-state index contributed by atoms with van der Waals surface area (Å²) in [4.78, 5) is 23.7. The van der Waals surface area contributed by atoms with Crippen LogP contribution >= 0.6 is 0 Å². The summed E-state index contributed by atoms with van der Waals surface area (Å²) >= 11 is 0. The Balaban J connectivity index is 1.62. The number of methoxy groups -OCH3 is 1. The van der Waals surface area contributed by atoms with Crippen molar-refractivity contribution in [3.8, 4) is 5.75 Å². The average molecular weight is 382 g/mol. The van der Waals surface area contributed by atoms with Crippen molar-refractivity contribution in [1.82, 2.24) is 0 Å². The number of Topliss-reactive ketones (excluding diaryl/α,β-unsaturated/α-hetero) is 1. The molecule has 3 rings (SSSR count). The van der Waals surface area contributed by atoms with Gasteiger partial charge in [0, 0.05) is 6.08 Å². The molecular weight excluding hydrogens is 366 g/mol. The van der Waals surface area contributed by atoms with Crippen LogP contribution in [0, 0.1) is 11.6 Å². The van der Waals surface area contributed by atoms with Crippen LogP contribution in [0.4, 0.5) is 8.78 Å². The lowest BCUT2D eigenvalue weighted by Crippen LogP contribution is -2.14. The third-order valence-electron chi connectivity index (χ3n) is 4.06. The third kappa shape index (κ3) is 4.59. The minimum Gasteiger partial charge on any atom is -0.497 e. The number of benzene rings is 3. The Kier molecular flexibility index (Phi) is 5.79. The van der Waals surface area contributed by atoms with Crippen molar-refractivity contribution in [3.63, 3.8) is 0 Å². The standard InChI is InChI=1S/C22H16F2O4/c1-27-18-7-5-15-10-14(2-4-16(15)11-18)3-9-22(26)28-13-21(25)19-12-17(23)6-8-20(19)24/h2-12H,13H2,1H3/b9-3+. The van der Waals surface area contributed by atoms with Crippen LogP contribution in [0.1, 0.15) is 15.9 Å². The molecule has 0 bridgehead atoms. The summed E-state index contributed by atoms with van der Waals surface area (Å²) in [5.74, 6) is -2.45. The second kappa shape index (κ2) is 8.43. The van der Waals surface area contributed by atoms with Gasteiger partial charge in [0.05, 0.1) is 12.7 Å². The second-order valence-corrected chi connectivity index (χ2v) is 5.96. The lowest BCUT2D eigenvalue weighted by atomic mass is 10.1. The zero-order chi connectivity index (χ0) is 20.1. The maximum absolute atomic E-state index is 13.5. The zero-order valence-electron chi connectivity index (χ0n) is 14.9. The number of carbonyl (C=O) groups is 2. The highest BCUT2D eigenvalue weighted by Crippen LogP contribution is 2.22. The number of rotatable bonds is 6. The van der Waals surface area contributed by atoms with Crippen LogP contribution in [-0.4, -0.2) is 25.5 Å². The summed E-state index contributed by atoms with van der Waals surface area (Å²) in [6.45, 7) is -0.680. The molecule has 0 saturated carbocycles. The van der Waals surface area contributed by atoms with Gasteiger partial charge in [0.15, 0.2) is 6.61 Å². The van der Waals surface area contributed by atoms with E-state index >= 15 is 0 Å². The first-order valence-corrected chi connectivity index (χ1v) is 8.37. The predicted molar refractivity (Wildman–Crippen MR) is 101 cm³/mol. The summed E-state index contributed by atoms with van der Waals surface area (Å²) in [6, 6.07) is 13.7. The Morgan fingerprint density at radius 3 is 2.50 bits per heavy atom. The molecule has 0 radical (unpaired) electrons. The van der Waals surface area contributed by atoms with Crippen molar-refractivity contribution >= 4 is 28.6 Å². The minimum absolute atomic E-state index is 0.457. The van der Waals surface area contributed by atoms with Crippen LogP contribution in [0.25, 0.3) is 16.8 Å². The fourth-order valence-electron chi connectivity index (χ4n) is 2.61. The third-order valence-corrected chi connectivity index (χ3v) is 4.06. The van der Waals surface area contributed by atoms with Crippen molar-refractivity contribution in [2.75, 3.05) is 13.7 Å². The number of carbonyl (C=O) groups excluding carboxylic acids is 2. The maximum atomic E-state index is 13.5. The van der Waals surface area contributed by atoms with Crippen LogP contribution in [0.15, 0.2) is 60.7 Å². The SMILES string of the molecule is COc1ccc2cc(/C=C/C(=O)OCC(=O)c3cc(F)ccc3F)ccc2c1. The van der Waals surface area contributed by atoms with Crippen LogP contribution in [-0.2, 0) is 9.53 Å². The molecule has 0 aliphatic rings. The first kappa shape index (κ1) is 19.2. The number of hydrogen-bond donors (Lipinski definition) is 0. The summed E-state index contributed by atoms with van der Waals surface area (Å²) in [5.41, 5.74) is 0.304. The average Bonchev–Trinajstić information content (AvgIpc) is 2.71. The molecule has 0 fully saturated rings.